The Labute approximate surface area is 133 Å². The molecule has 0 amide bonds. The van der Waals surface area contributed by atoms with Gasteiger partial charge in [0.15, 0.2) is 11.6 Å². The lowest BCUT2D eigenvalue weighted by Gasteiger charge is -2.25. The molecule has 0 bridgehead atoms. The zero-order valence-electron chi connectivity index (χ0n) is 12.9. The van der Waals surface area contributed by atoms with E-state index in [0.717, 1.165) is 18.1 Å². The highest BCUT2D eigenvalue weighted by molar-refractivity contribution is 5.32. The van der Waals surface area contributed by atoms with Gasteiger partial charge in [-0.3, -0.25) is 0 Å². The van der Waals surface area contributed by atoms with Crippen LogP contribution < -0.4 is 0 Å². The summed E-state index contributed by atoms with van der Waals surface area (Å²) in [6.07, 6.45) is 2.76. The Bertz CT molecular complexity index is 713. The van der Waals surface area contributed by atoms with Gasteiger partial charge in [-0.15, -0.1) is 0 Å². The Kier molecular flexibility index (Phi) is 4.42. The molecule has 0 saturated carbocycles. The second kappa shape index (κ2) is 6.34. The normalized spacial score (nSPS) is 17.2. The summed E-state index contributed by atoms with van der Waals surface area (Å²) in [6, 6.07) is 5.43. The van der Waals surface area contributed by atoms with Crippen molar-refractivity contribution in [2.45, 2.75) is 39.0 Å². The fourth-order valence-electron chi connectivity index (χ4n) is 3.40. The van der Waals surface area contributed by atoms with E-state index in [1.54, 1.807) is 13.0 Å². The number of aryl methyl sites for hydroxylation is 2. The van der Waals surface area contributed by atoms with Gasteiger partial charge in [0, 0.05) is 5.56 Å². The fraction of sp³-hybridized carbons (Fsp3) is 0.368. The molecule has 0 N–H and O–H groups in total. The van der Waals surface area contributed by atoms with E-state index in [1.807, 2.05) is 0 Å². The number of rotatable bonds is 3. The van der Waals surface area contributed by atoms with Crippen molar-refractivity contribution >= 4 is 0 Å². The molecule has 3 rings (SSSR count). The van der Waals surface area contributed by atoms with Gasteiger partial charge in [-0.05, 0) is 79.8 Å². The van der Waals surface area contributed by atoms with E-state index < -0.39 is 23.3 Å². The van der Waals surface area contributed by atoms with E-state index in [0.29, 0.717) is 30.4 Å². The third-order valence-corrected chi connectivity index (χ3v) is 4.70. The predicted octanol–water partition coefficient (Wildman–Crippen LogP) is 5.29. The summed E-state index contributed by atoms with van der Waals surface area (Å²) in [5.41, 5.74) is 1.90. The van der Waals surface area contributed by atoms with Crippen molar-refractivity contribution in [1.29, 1.82) is 0 Å². The molecule has 1 aliphatic rings. The van der Waals surface area contributed by atoms with Crippen LogP contribution in [0.25, 0.3) is 0 Å². The molecular formula is C19H18F4. The van der Waals surface area contributed by atoms with Crippen LogP contribution in [-0.2, 0) is 19.3 Å². The highest BCUT2D eigenvalue weighted by atomic mass is 19.2. The molecule has 2 aromatic rings. The second-order valence-electron chi connectivity index (χ2n) is 6.35. The molecule has 1 atom stereocenters. The number of benzene rings is 2. The molecule has 4 heteroatoms. The van der Waals surface area contributed by atoms with Crippen molar-refractivity contribution in [3.05, 3.63) is 69.8 Å². The van der Waals surface area contributed by atoms with Crippen LogP contribution in [0.2, 0.25) is 0 Å². The van der Waals surface area contributed by atoms with Crippen molar-refractivity contribution in [1.82, 2.24) is 0 Å². The van der Waals surface area contributed by atoms with Crippen LogP contribution >= 0.6 is 0 Å². The van der Waals surface area contributed by atoms with E-state index in [-0.39, 0.29) is 17.9 Å². The van der Waals surface area contributed by atoms with Gasteiger partial charge in [-0.1, -0.05) is 6.07 Å². The van der Waals surface area contributed by atoms with Crippen LogP contribution in [0.4, 0.5) is 17.6 Å². The van der Waals surface area contributed by atoms with E-state index in [1.165, 1.54) is 12.1 Å². The van der Waals surface area contributed by atoms with Crippen LogP contribution in [-0.4, -0.2) is 0 Å². The monoisotopic (exact) mass is 322 g/mol. The van der Waals surface area contributed by atoms with Crippen LogP contribution in [0.1, 0.15) is 35.1 Å². The molecule has 0 aromatic heterocycles. The van der Waals surface area contributed by atoms with E-state index in [2.05, 4.69) is 0 Å². The molecule has 23 heavy (non-hydrogen) atoms. The van der Waals surface area contributed by atoms with Gasteiger partial charge in [0.25, 0.3) is 0 Å². The maximum atomic E-state index is 13.9. The second-order valence-corrected chi connectivity index (χ2v) is 6.35. The Morgan fingerprint density at radius 3 is 2.39 bits per heavy atom. The minimum absolute atomic E-state index is 0.0844. The van der Waals surface area contributed by atoms with Crippen LogP contribution in [0.5, 0.6) is 0 Å². The lowest BCUT2D eigenvalue weighted by Crippen LogP contribution is -2.17. The molecule has 0 fully saturated rings. The fourth-order valence-corrected chi connectivity index (χ4v) is 3.40. The highest BCUT2D eigenvalue weighted by Gasteiger charge is 2.24. The first-order chi connectivity index (χ1) is 11.0. The molecule has 122 valence electrons. The van der Waals surface area contributed by atoms with E-state index in [4.69, 9.17) is 0 Å². The molecule has 1 unspecified atom stereocenters. The predicted molar refractivity (Wildman–Crippen MR) is 81.3 cm³/mol. The maximum absolute atomic E-state index is 13.9. The average molecular weight is 322 g/mol. The molecular weight excluding hydrogens is 304 g/mol. The van der Waals surface area contributed by atoms with E-state index in [9.17, 15) is 17.6 Å². The number of hydrogen-bond donors (Lipinski definition) is 0. The third-order valence-electron chi connectivity index (χ3n) is 4.70. The summed E-state index contributed by atoms with van der Waals surface area (Å²) in [5, 5.41) is 0. The molecule has 0 nitrogen and oxygen atoms in total. The average Bonchev–Trinajstić information content (AvgIpc) is 2.50. The minimum Gasteiger partial charge on any atom is -0.207 e. The largest absolute Gasteiger partial charge is 0.207 e. The zero-order valence-corrected chi connectivity index (χ0v) is 12.9. The first kappa shape index (κ1) is 16.0. The Balaban J connectivity index is 1.72. The third kappa shape index (κ3) is 3.26. The zero-order chi connectivity index (χ0) is 16.6. The Morgan fingerprint density at radius 2 is 1.70 bits per heavy atom. The lowest BCUT2D eigenvalue weighted by molar-refractivity contribution is 0.399. The van der Waals surface area contributed by atoms with Gasteiger partial charge in [0.2, 0.25) is 0 Å². The lowest BCUT2D eigenvalue weighted by atomic mass is 9.80. The quantitative estimate of drug-likeness (QED) is 0.674. The minimum atomic E-state index is -0.833. The maximum Gasteiger partial charge on any atom is 0.162 e. The van der Waals surface area contributed by atoms with Crippen molar-refractivity contribution in [3.8, 4) is 0 Å². The van der Waals surface area contributed by atoms with Crippen LogP contribution in [0, 0.1) is 36.1 Å². The summed E-state index contributed by atoms with van der Waals surface area (Å²) in [4.78, 5) is 0. The smallest absolute Gasteiger partial charge is 0.162 e. The summed E-state index contributed by atoms with van der Waals surface area (Å²) in [5.74, 6) is -2.56. The van der Waals surface area contributed by atoms with Gasteiger partial charge in [0.05, 0.1) is 0 Å². The summed E-state index contributed by atoms with van der Waals surface area (Å²) >= 11 is 0. The van der Waals surface area contributed by atoms with Gasteiger partial charge >= 0.3 is 0 Å². The summed E-state index contributed by atoms with van der Waals surface area (Å²) in [7, 11) is 0. The molecule has 1 aliphatic carbocycles. The van der Waals surface area contributed by atoms with Crippen molar-refractivity contribution in [2.24, 2.45) is 5.92 Å². The van der Waals surface area contributed by atoms with Gasteiger partial charge < -0.3 is 0 Å². The molecule has 0 radical (unpaired) electrons. The summed E-state index contributed by atoms with van der Waals surface area (Å²) in [6.45, 7) is 1.64. The topological polar surface area (TPSA) is 0 Å². The van der Waals surface area contributed by atoms with Gasteiger partial charge in [0.1, 0.15) is 11.6 Å². The van der Waals surface area contributed by atoms with Gasteiger partial charge in [-0.2, -0.15) is 0 Å². The molecule has 0 heterocycles. The molecule has 2 aromatic carbocycles. The first-order valence-corrected chi connectivity index (χ1v) is 7.86. The number of fused-ring (bicyclic) bond motifs is 1. The van der Waals surface area contributed by atoms with Crippen molar-refractivity contribution in [3.63, 3.8) is 0 Å². The number of hydrogen-bond acceptors (Lipinski definition) is 0. The van der Waals surface area contributed by atoms with Crippen LogP contribution in [0.15, 0.2) is 24.3 Å². The SMILES string of the molecule is Cc1cc(F)c(CCC2CCc3ccc(F)c(F)c3C2)c(F)c1. The molecule has 0 spiro atoms. The van der Waals surface area contributed by atoms with Gasteiger partial charge in [-0.25, -0.2) is 17.6 Å². The molecule has 0 aliphatic heterocycles. The Hall–Kier alpha value is -1.84. The van der Waals surface area contributed by atoms with Crippen molar-refractivity contribution < 1.29 is 17.6 Å². The van der Waals surface area contributed by atoms with Crippen molar-refractivity contribution in [2.75, 3.05) is 0 Å². The van der Waals surface area contributed by atoms with Crippen LogP contribution in [0.3, 0.4) is 0 Å². The first-order valence-electron chi connectivity index (χ1n) is 7.86. The number of halogens is 4. The van der Waals surface area contributed by atoms with E-state index >= 15 is 0 Å². The highest BCUT2D eigenvalue weighted by Crippen LogP contribution is 2.31. The Morgan fingerprint density at radius 1 is 1.00 bits per heavy atom. The summed E-state index contributed by atoms with van der Waals surface area (Å²) < 4.78 is 55.0. The molecule has 0 saturated heterocycles. The standard InChI is InChI=1S/C19H18F4/c1-11-8-17(21)14(18(22)9-11)6-3-12-2-4-13-5-7-16(20)19(23)15(13)10-12/h5,7-9,12H,2-4,6,10H2,1H3.